The first-order valence-electron chi connectivity index (χ1n) is 5.33. The predicted octanol–water partition coefficient (Wildman–Crippen LogP) is 0.426. The summed E-state index contributed by atoms with van der Waals surface area (Å²) in [6.45, 7) is 4.57. The Bertz CT molecular complexity index is 423. The molecule has 0 aliphatic heterocycles. The second kappa shape index (κ2) is 5.45. The van der Waals surface area contributed by atoms with Gasteiger partial charge in [-0.2, -0.15) is 5.10 Å². The molecule has 5 nitrogen and oxygen atoms in total. The third-order valence-corrected chi connectivity index (χ3v) is 4.58. The van der Waals surface area contributed by atoms with Crippen LogP contribution in [0.5, 0.6) is 0 Å². The lowest BCUT2D eigenvalue weighted by Crippen LogP contribution is -2.21. The van der Waals surface area contributed by atoms with Gasteiger partial charge in [-0.05, 0) is 20.9 Å². The molecule has 6 heteroatoms. The number of nitrogens with one attached hydrogen (secondary N) is 1. The van der Waals surface area contributed by atoms with E-state index in [9.17, 15) is 8.42 Å². The average molecular weight is 245 g/mol. The number of hydrogen-bond donors (Lipinski definition) is 1. The van der Waals surface area contributed by atoms with Crippen molar-refractivity contribution < 1.29 is 8.42 Å². The maximum Gasteiger partial charge on any atom is 0.154 e. The summed E-state index contributed by atoms with van der Waals surface area (Å²) in [5.41, 5.74) is 1.06. The highest BCUT2D eigenvalue weighted by Gasteiger charge is 2.15. The van der Waals surface area contributed by atoms with Gasteiger partial charge in [0.05, 0.1) is 23.7 Å². The molecule has 0 aliphatic rings. The van der Waals surface area contributed by atoms with Crippen molar-refractivity contribution in [2.24, 2.45) is 0 Å². The Morgan fingerprint density at radius 2 is 2.19 bits per heavy atom. The monoisotopic (exact) mass is 245 g/mol. The average Bonchev–Trinajstić information content (AvgIpc) is 2.63. The summed E-state index contributed by atoms with van der Waals surface area (Å²) < 4.78 is 24.8. The fourth-order valence-corrected chi connectivity index (χ4v) is 2.19. The topological polar surface area (TPSA) is 64.0 Å². The Labute approximate surface area is 96.8 Å². The summed E-state index contributed by atoms with van der Waals surface area (Å²) in [5.74, 6) is 0.144. The van der Waals surface area contributed by atoms with E-state index in [2.05, 4.69) is 10.4 Å². The first-order valence-corrected chi connectivity index (χ1v) is 7.04. The van der Waals surface area contributed by atoms with Crippen LogP contribution in [-0.4, -0.2) is 36.2 Å². The summed E-state index contributed by atoms with van der Waals surface area (Å²) >= 11 is 0. The molecular formula is C10H19N3O2S. The zero-order valence-corrected chi connectivity index (χ0v) is 10.8. The van der Waals surface area contributed by atoms with Crippen LogP contribution in [-0.2, 0) is 22.9 Å². The lowest BCUT2D eigenvalue weighted by Gasteiger charge is -2.07. The Morgan fingerprint density at radius 3 is 2.75 bits per heavy atom. The molecule has 0 aliphatic carbocycles. The van der Waals surface area contributed by atoms with Crippen molar-refractivity contribution in [2.75, 3.05) is 12.8 Å². The maximum atomic E-state index is 11.6. The molecule has 0 unspecified atom stereocenters. The molecule has 0 saturated heterocycles. The van der Waals surface area contributed by atoms with Gasteiger partial charge in [-0.1, -0.05) is 0 Å². The summed E-state index contributed by atoms with van der Waals surface area (Å²) in [5, 5.41) is 6.81. The van der Waals surface area contributed by atoms with Crippen LogP contribution >= 0.6 is 0 Å². The lowest BCUT2D eigenvalue weighted by molar-refractivity contribution is 0.572. The second-order valence-corrected chi connectivity index (χ2v) is 6.73. The molecule has 0 saturated carbocycles. The number of rotatable bonds is 6. The highest BCUT2D eigenvalue weighted by molar-refractivity contribution is 7.91. The Balaban J connectivity index is 2.55. The van der Waals surface area contributed by atoms with Gasteiger partial charge in [0.1, 0.15) is 0 Å². The van der Waals surface area contributed by atoms with E-state index in [0.29, 0.717) is 6.54 Å². The minimum atomic E-state index is -2.98. The van der Waals surface area contributed by atoms with Crippen molar-refractivity contribution in [3.05, 3.63) is 18.0 Å². The maximum absolute atomic E-state index is 11.6. The molecule has 92 valence electrons. The zero-order chi connectivity index (χ0) is 12.2. The van der Waals surface area contributed by atoms with Crippen LogP contribution in [0.3, 0.4) is 0 Å². The number of aryl methyl sites for hydroxylation is 1. The van der Waals surface area contributed by atoms with Crippen LogP contribution in [0.4, 0.5) is 0 Å². The quantitative estimate of drug-likeness (QED) is 0.789. The molecule has 1 heterocycles. The molecule has 0 fully saturated rings. The fourth-order valence-electron chi connectivity index (χ4n) is 1.28. The smallest absolute Gasteiger partial charge is 0.154 e. The van der Waals surface area contributed by atoms with Crippen LogP contribution in [0.25, 0.3) is 0 Å². The molecule has 0 spiro atoms. The second-order valence-electron chi connectivity index (χ2n) is 4.06. The van der Waals surface area contributed by atoms with E-state index in [1.165, 1.54) is 0 Å². The Morgan fingerprint density at radius 1 is 1.50 bits per heavy atom. The highest BCUT2D eigenvalue weighted by atomic mass is 32.2. The number of sulfone groups is 1. The SMILES string of the molecule is CNCc1cnn(CCS(=O)(=O)C(C)C)c1. The number of hydrogen-bond acceptors (Lipinski definition) is 4. The van der Waals surface area contributed by atoms with Gasteiger partial charge in [-0.3, -0.25) is 4.68 Å². The van der Waals surface area contributed by atoms with Gasteiger partial charge in [-0.25, -0.2) is 8.42 Å². The van der Waals surface area contributed by atoms with Gasteiger partial charge in [0.2, 0.25) is 0 Å². The van der Waals surface area contributed by atoms with E-state index >= 15 is 0 Å². The van der Waals surface area contributed by atoms with Crippen LogP contribution in [0.1, 0.15) is 19.4 Å². The van der Waals surface area contributed by atoms with Crippen molar-refractivity contribution in [1.29, 1.82) is 0 Å². The number of aromatic nitrogens is 2. The van der Waals surface area contributed by atoms with Crippen LogP contribution < -0.4 is 5.32 Å². The van der Waals surface area contributed by atoms with Crippen molar-refractivity contribution >= 4 is 9.84 Å². The fraction of sp³-hybridized carbons (Fsp3) is 0.700. The Hall–Kier alpha value is -0.880. The molecule has 0 atom stereocenters. The van der Waals surface area contributed by atoms with E-state index in [4.69, 9.17) is 0 Å². The van der Waals surface area contributed by atoms with Gasteiger partial charge in [-0.15, -0.1) is 0 Å². The van der Waals surface area contributed by atoms with E-state index in [0.717, 1.165) is 12.1 Å². The van der Waals surface area contributed by atoms with Crippen LogP contribution in [0.15, 0.2) is 12.4 Å². The molecule has 1 rings (SSSR count). The molecule has 0 radical (unpaired) electrons. The van der Waals surface area contributed by atoms with Gasteiger partial charge in [0.25, 0.3) is 0 Å². The molecule has 0 bridgehead atoms. The lowest BCUT2D eigenvalue weighted by atomic mass is 10.4. The highest BCUT2D eigenvalue weighted by Crippen LogP contribution is 2.03. The van der Waals surface area contributed by atoms with Crippen molar-refractivity contribution in [1.82, 2.24) is 15.1 Å². The summed E-state index contributed by atoms with van der Waals surface area (Å²) in [6, 6.07) is 0. The zero-order valence-electron chi connectivity index (χ0n) is 9.97. The largest absolute Gasteiger partial charge is 0.316 e. The van der Waals surface area contributed by atoms with Gasteiger partial charge in [0.15, 0.2) is 9.84 Å². The van der Waals surface area contributed by atoms with Crippen LogP contribution in [0.2, 0.25) is 0 Å². The molecule has 16 heavy (non-hydrogen) atoms. The normalized spacial score (nSPS) is 12.2. The third kappa shape index (κ3) is 3.61. The summed E-state index contributed by atoms with van der Waals surface area (Å²) in [4.78, 5) is 0. The molecular weight excluding hydrogens is 226 g/mol. The van der Waals surface area contributed by atoms with Gasteiger partial charge >= 0.3 is 0 Å². The van der Waals surface area contributed by atoms with E-state index < -0.39 is 9.84 Å². The minimum Gasteiger partial charge on any atom is -0.316 e. The Kier molecular flexibility index (Phi) is 4.49. The standard InChI is InChI=1S/C10H19N3O2S/c1-9(2)16(14,15)5-4-13-8-10(6-11-3)7-12-13/h7-9,11H,4-6H2,1-3H3. The number of nitrogens with zero attached hydrogens (tertiary/aromatic N) is 2. The predicted molar refractivity (Wildman–Crippen MR) is 63.9 cm³/mol. The molecule has 0 amide bonds. The molecule has 1 aromatic heterocycles. The van der Waals surface area contributed by atoms with E-state index in [1.54, 1.807) is 24.7 Å². The van der Waals surface area contributed by atoms with Gasteiger partial charge < -0.3 is 5.32 Å². The summed E-state index contributed by atoms with van der Waals surface area (Å²) in [7, 11) is -1.11. The molecule has 1 N–H and O–H groups in total. The summed E-state index contributed by atoms with van der Waals surface area (Å²) in [6.07, 6.45) is 3.62. The van der Waals surface area contributed by atoms with Crippen molar-refractivity contribution in [3.8, 4) is 0 Å². The van der Waals surface area contributed by atoms with Crippen molar-refractivity contribution in [2.45, 2.75) is 32.2 Å². The third-order valence-electron chi connectivity index (χ3n) is 2.39. The van der Waals surface area contributed by atoms with Crippen LogP contribution in [0, 0.1) is 0 Å². The first kappa shape index (κ1) is 13.2. The first-order chi connectivity index (χ1) is 7.45. The minimum absolute atomic E-state index is 0.144. The molecule has 0 aromatic carbocycles. The van der Waals surface area contributed by atoms with Crippen molar-refractivity contribution in [3.63, 3.8) is 0 Å². The van der Waals surface area contributed by atoms with E-state index in [-0.39, 0.29) is 11.0 Å². The van der Waals surface area contributed by atoms with E-state index in [1.807, 2.05) is 13.2 Å². The van der Waals surface area contributed by atoms with Gasteiger partial charge in [0, 0.05) is 18.3 Å². The molecule has 1 aromatic rings.